The van der Waals surface area contributed by atoms with Crippen molar-refractivity contribution in [2.75, 3.05) is 21.3 Å². The largest absolute Gasteiger partial charge is 0.433 e. The molecule has 4 N–H and O–H groups in total. The molecule has 4 amide bonds. The van der Waals surface area contributed by atoms with E-state index in [0.29, 0.717) is 86.4 Å². The summed E-state index contributed by atoms with van der Waals surface area (Å²) in [5.74, 6) is -2.01. The second kappa shape index (κ2) is 35.2. The van der Waals surface area contributed by atoms with Crippen molar-refractivity contribution in [3.63, 3.8) is 0 Å². The lowest BCUT2D eigenvalue weighted by Crippen LogP contribution is -2.16. The van der Waals surface area contributed by atoms with Crippen LogP contribution < -0.4 is 21.3 Å². The third-order valence-corrected chi connectivity index (χ3v) is 18.3. The Morgan fingerprint density at radius 3 is 1.06 bits per heavy atom. The molecule has 12 rings (SSSR count). The van der Waals surface area contributed by atoms with E-state index in [-0.39, 0.29) is 45.5 Å². The Kier molecular flexibility index (Phi) is 26.4. The van der Waals surface area contributed by atoms with Gasteiger partial charge in [-0.25, -0.2) is 15.0 Å². The number of hydrogen-bond donors (Lipinski definition) is 4. The van der Waals surface area contributed by atoms with E-state index < -0.39 is 53.3 Å². The minimum absolute atomic E-state index is 0.0120. The number of aryl methyl sites for hydroxylation is 7. The number of nitrogens with one attached hydrogen (secondary N) is 4. The van der Waals surface area contributed by atoms with E-state index in [2.05, 4.69) is 56.2 Å². The minimum Gasteiger partial charge on any atom is -0.322 e. The molecule has 0 bridgehead atoms. The molecule has 4 aromatic carbocycles. The number of rotatable bonds is 13. The number of thiophene rings is 1. The summed E-state index contributed by atoms with van der Waals surface area (Å²) in [7, 11) is 0. The highest BCUT2D eigenvalue weighted by atomic mass is 35.5. The van der Waals surface area contributed by atoms with Crippen LogP contribution in [0.15, 0.2) is 195 Å². The first-order chi connectivity index (χ1) is 51.4. The molecule has 0 fully saturated rings. The first-order valence-electron chi connectivity index (χ1n) is 32.3. The second-order valence-corrected chi connectivity index (χ2v) is 26.8. The standard InChI is InChI=1S/3C20H15ClF3N3O.C19H15ClN2O2S/c1-11-3-7-17(25-10-11)15-9-13(4-6-16(15)21)27-19(28)14-5-8-18(20(22,23)24)26-12(14)2;1-11-7-8-25-17(9-11)15-10-13(3-5-16(15)21)27-19(28)14-4-6-18(20(22,23)24)26-12(14)2;1-11-4-3-9-25-18(11)15-10-13(5-7-16(15)21)27-19(28)14-6-8-17(20(22,23)24)26-12(14)2;1-11-3-6-16(21-10-11)14-9-13(4-5-15(14)20)22-19(24)18-8-7-17(25-18)12(2)23/h3*3-10H,1-2H3,(H,27,28);3-10H,1-2H3,(H,22,24). The van der Waals surface area contributed by atoms with Gasteiger partial charge in [0.2, 0.25) is 0 Å². The minimum atomic E-state index is -4.56. The van der Waals surface area contributed by atoms with E-state index in [9.17, 15) is 63.5 Å². The van der Waals surface area contributed by atoms with Crippen LogP contribution in [-0.4, -0.2) is 64.3 Å². The number of anilines is 4. The van der Waals surface area contributed by atoms with Crippen LogP contribution in [0.2, 0.25) is 20.1 Å². The molecule has 0 saturated heterocycles. The molecule has 0 saturated carbocycles. The van der Waals surface area contributed by atoms with Gasteiger partial charge in [0.25, 0.3) is 23.6 Å². The van der Waals surface area contributed by atoms with Crippen LogP contribution in [0.25, 0.3) is 45.0 Å². The Morgan fingerprint density at radius 1 is 0.358 bits per heavy atom. The van der Waals surface area contributed by atoms with Crippen molar-refractivity contribution in [1.29, 1.82) is 0 Å². The van der Waals surface area contributed by atoms with Crippen molar-refractivity contribution in [2.45, 2.75) is 73.9 Å². The van der Waals surface area contributed by atoms with Crippen LogP contribution in [0.3, 0.4) is 0 Å². The molecule has 12 aromatic rings. The lowest BCUT2D eigenvalue weighted by Gasteiger charge is -2.12. The average molecular weight is 1590 g/mol. The Hall–Kier alpha value is -11.3. The Balaban J connectivity index is 0.000000168. The van der Waals surface area contributed by atoms with Gasteiger partial charge in [0.1, 0.15) is 17.1 Å². The lowest BCUT2D eigenvalue weighted by atomic mass is 10.1. The van der Waals surface area contributed by atoms with Crippen molar-refractivity contribution in [3.8, 4) is 45.0 Å². The number of amides is 4. The first kappa shape index (κ1) is 81.8. The highest BCUT2D eigenvalue weighted by Crippen LogP contribution is 2.37. The summed E-state index contributed by atoms with van der Waals surface area (Å²) in [6.45, 7) is 13.2. The maximum Gasteiger partial charge on any atom is 0.433 e. The van der Waals surface area contributed by atoms with Crippen LogP contribution in [-0.2, 0) is 18.5 Å². The molecule has 8 aromatic heterocycles. The fourth-order valence-electron chi connectivity index (χ4n) is 10.2. The van der Waals surface area contributed by atoms with Gasteiger partial charge >= 0.3 is 18.5 Å². The van der Waals surface area contributed by atoms with Gasteiger partial charge in [-0.05, 0) is 229 Å². The third-order valence-electron chi connectivity index (χ3n) is 15.8. The first-order valence-corrected chi connectivity index (χ1v) is 34.6. The zero-order chi connectivity index (χ0) is 79.4. The van der Waals surface area contributed by atoms with E-state index in [4.69, 9.17) is 46.4 Å². The topological polar surface area (TPSA) is 224 Å². The van der Waals surface area contributed by atoms with E-state index in [1.165, 1.54) is 39.0 Å². The summed E-state index contributed by atoms with van der Waals surface area (Å²) < 4.78 is 115. The van der Waals surface area contributed by atoms with Crippen molar-refractivity contribution >= 4 is 110 Å². The van der Waals surface area contributed by atoms with Crippen LogP contribution in [0.1, 0.15) is 114 Å². The van der Waals surface area contributed by atoms with Crippen molar-refractivity contribution in [1.82, 2.24) is 34.9 Å². The fraction of sp³-hybridized carbons (Fsp3) is 0.139. The number of alkyl halides is 9. The van der Waals surface area contributed by atoms with Gasteiger partial charge in [-0.3, -0.25) is 43.9 Å². The number of halogens is 13. The number of benzene rings is 4. The van der Waals surface area contributed by atoms with Crippen molar-refractivity contribution in [3.05, 3.63) is 298 Å². The van der Waals surface area contributed by atoms with Crippen LogP contribution in [0.4, 0.5) is 62.3 Å². The highest BCUT2D eigenvalue weighted by molar-refractivity contribution is 7.16. The number of nitrogens with zero attached hydrogens (tertiary/aromatic N) is 7. The highest BCUT2D eigenvalue weighted by Gasteiger charge is 2.35. The molecular formula is C79H60Cl4F9N11O5S. The van der Waals surface area contributed by atoms with Gasteiger partial charge < -0.3 is 21.3 Å². The van der Waals surface area contributed by atoms with Crippen LogP contribution in [0, 0.1) is 48.5 Å². The molecular weight excluding hydrogens is 1530 g/mol. The SMILES string of the molecule is CC(=O)c1ccc(C(=O)Nc2ccc(Cl)c(-c3ccc(C)cn3)c2)s1.Cc1ccc(-c2cc(NC(=O)c3ccc(C(F)(F)F)nc3C)ccc2Cl)nc1.Cc1cccnc1-c1cc(NC(=O)c2ccc(C(F)(F)F)nc2C)ccc1Cl.Cc1ccnc(-c2cc(NC(=O)c3ccc(C(F)(F)F)nc3C)ccc2Cl)c1. The Labute approximate surface area is 642 Å². The van der Waals surface area contributed by atoms with E-state index in [1.54, 1.807) is 116 Å². The molecule has 0 radical (unpaired) electrons. The smallest absolute Gasteiger partial charge is 0.322 e. The van der Waals surface area contributed by atoms with Crippen molar-refractivity contribution in [2.24, 2.45) is 0 Å². The summed E-state index contributed by atoms with van der Waals surface area (Å²) in [6.07, 6.45) is -6.92. The lowest BCUT2D eigenvalue weighted by molar-refractivity contribution is -0.142. The number of pyridine rings is 7. The monoisotopic (exact) mass is 1590 g/mol. The predicted octanol–water partition coefficient (Wildman–Crippen LogP) is 22.3. The second-order valence-electron chi connectivity index (χ2n) is 24.1. The van der Waals surface area contributed by atoms with Gasteiger partial charge in [0.15, 0.2) is 5.78 Å². The van der Waals surface area contributed by atoms with Gasteiger partial charge in [-0.2, -0.15) is 39.5 Å². The van der Waals surface area contributed by atoms with Crippen LogP contribution >= 0.6 is 57.7 Å². The Morgan fingerprint density at radius 2 is 0.725 bits per heavy atom. The van der Waals surface area contributed by atoms with Crippen molar-refractivity contribution < 1.29 is 63.5 Å². The number of Topliss-reactive ketones (excluding diaryl/α,β-unsaturated/α-hetero) is 1. The quantitative estimate of drug-likeness (QED) is 0.0625. The number of ketones is 1. The molecule has 0 spiro atoms. The maximum absolute atomic E-state index is 12.7. The summed E-state index contributed by atoms with van der Waals surface area (Å²) >= 11 is 26.2. The Bertz CT molecular complexity index is 5420. The number of aromatic nitrogens is 7. The average Bonchev–Trinajstić information content (AvgIpc) is 1.24. The number of hydrogen-bond acceptors (Lipinski definition) is 13. The summed E-state index contributed by atoms with van der Waals surface area (Å²) in [5, 5.41) is 12.8. The molecule has 0 atom stereocenters. The molecule has 109 heavy (non-hydrogen) atoms. The molecule has 558 valence electrons. The van der Waals surface area contributed by atoms with Gasteiger partial charge in [0, 0.05) is 69.8 Å². The molecule has 0 unspecified atom stereocenters. The maximum atomic E-state index is 12.7. The van der Waals surface area contributed by atoms with Gasteiger partial charge in [-0.15, -0.1) is 11.3 Å². The van der Waals surface area contributed by atoms with E-state index in [1.807, 2.05) is 70.2 Å². The molecule has 30 heteroatoms. The zero-order valence-electron chi connectivity index (χ0n) is 58.5. The number of carbonyl (C=O) groups is 5. The molecule has 0 aliphatic carbocycles. The third kappa shape index (κ3) is 21.8. The molecule has 0 aliphatic heterocycles. The van der Waals surface area contributed by atoms with E-state index >= 15 is 0 Å². The molecule has 16 nitrogen and oxygen atoms in total. The fourth-order valence-corrected chi connectivity index (χ4v) is 11.8. The molecule has 0 aliphatic rings. The molecule has 8 heterocycles. The summed E-state index contributed by atoms with van der Waals surface area (Å²) in [4.78, 5) is 90.0. The van der Waals surface area contributed by atoms with E-state index in [0.717, 1.165) is 69.9 Å². The van der Waals surface area contributed by atoms with Gasteiger partial charge in [0.05, 0.1) is 86.4 Å². The normalized spacial score (nSPS) is 11.2. The summed E-state index contributed by atoms with van der Waals surface area (Å²) in [5.41, 5.74) is 8.24. The number of carbonyl (C=O) groups excluding carboxylic acids is 5. The zero-order valence-corrected chi connectivity index (χ0v) is 62.3. The van der Waals surface area contributed by atoms with Gasteiger partial charge in [-0.1, -0.05) is 64.6 Å². The summed E-state index contributed by atoms with van der Waals surface area (Å²) in [6, 6.07) is 43.8. The van der Waals surface area contributed by atoms with Crippen LogP contribution in [0.5, 0.6) is 0 Å². The predicted molar refractivity (Wildman–Crippen MR) is 406 cm³/mol.